The van der Waals surface area contributed by atoms with Gasteiger partial charge in [-0.1, -0.05) is 0 Å². The molecule has 128 valence electrons. The van der Waals surface area contributed by atoms with Gasteiger partial charge >= 0.3 is 11.9 Å². The summed E-state index contributed by atoms with van der Waals surface area (Å²) in [7, 11) is -1.45. The highest BCUT2D eigenvalue weighted by Gasteiger charge is 2.26. The molecule has 8 nitrogen and oxygen atoms in total. The first-order valence-electron chi connectivity index (χ1n) is 6.77. The summed E-state index contributed by atoms with van der Waals surface area (Å²) in [6, 6.07) is 3.90. The molecular weight excluding hydrogens is 326 g/mol. The van der Waals surface area contributed by atoms with Crippen LogP contribution in [0.25, 0.3) is 0 Å². The minimum absolute atomic E-state index is 0.0558. The number of hydrogen-bond acceptors (Lipinski definition) is 6. The van der Waals surface area contributed by atoms with E-state index in [1.54, 1.807) is 6.92 Å². The van der Waals surface area contributed by atoms with Crippen molar-refractivity contribution >= 4 is 22.0 Å². The molecule has 0 atom stereocenters. The Morgan fingerprint density at radius 1 is 1.30 bits per heavy atom. The average molecular weight is 345 g/mol. The quantitative estimate of drug-likeness (QED) is 0.699. The van der Waals surface area contributed by atoms with Gasteiger partial charge in [-0.25, -0.2) is 17.5 Å². The standard InChI is InChI=1S/C14H19NO7S/c1-4-22-14(18)10-5-6-11(21-3)12(9-10)23(19,20)15(2)8-7-13(16)17/h5-6,9H,4,7-8H2,1-3H3,(H,16,17). The fourth-order valence-electron chi connectivity index (χ4n) is 1.76. The summed E-state index contributed by atoms with van der Waals surface area (Å²) in [5, 5.41) is 8.67. The number of esters is 1. The van der Waals surface area contributed by atoms with Crippen LogP contribution in [0.3, 0.4) is 0 Å². The van der Waals surface area contributed by atoms with Gasteiger partial charge in [0, 0.05) is 13.6 Å². The molecule has 0 unspecified atom stereocenters. The molecule has 1 aromatic rings. The van der Waals surface area contributed by atoms with Crippen molar-refractivity contribution in [2.45, 2.75) is 18.2 Å². The lowest BCUT2D eigenvalue weighted by molar-refractivity contribution is -0.137. The number of benzene rings is 1. The van der Waals surface area contributed by atoms with E-state index in [2.05, 4.69) is 0 Å². The van der Waals surface area contributed by atoms with Crippen LogP contribution in [-0.4, -0.2) is 57.1 Å². The van der Waals surface area contributed by atoms with Crippen molar-refractivity contribution in [2.24, 2.45) is 0 Å². The van der Waals surface area contributed by atoms with Crippen LogP contribution >= 0.6 is 0 Å². The molecule has 0 aliphatic rings. The van der Waals surface area contributed by atoms with Gasteiger partial charge in [0.05, 0.1) is 25.7 Å². The first-order valence-corrected chi connectivity index (χ1v) is 8.21. The maximum Gasteiger partial charge on any atom is 0.338 e. The van der Waals surface area contributed by atoms with Crippen molar-refractivity contribution in [3.63, 3.8) is 0 Å². The van der Waals surface area contributed by atoms with Crippen molar-refractivity contribution in [1.82, 2.24) is 4.31 Å². The number of carbonyl (C=O) groups excluding carboxylic acids is 1. The summed E-state index contributed by atoms with van der Waals surface area (Å²) in [6.07, 6.45) is -0.338. The van der Waals surface area contributed by atoms with Crippen LogP contribution in [0.1, 0.15) is 23.7 Å². The molecule has 0 saturated carbocycles. The third-order valence-corrected chi connectivity index (χ3v) is 4.88. The maximum absolute atomic E-state index is 12.6. The van der Waals surface area contributed by atoms with Crippen LogP contribution < -0.4 is 4.74 Å². The highest BCUT2D eigenvalue weighted by Crippen LogP contribution is 2.27. The van der Waals surface area contributed by atoms with Crippen molar-refractivity contribution in [3.8, 4) is 5.75 Å². The largest absolute Gasteiger partial charge is 0.495 e. The summed E-state index contributed by atoms with van der Waals surface area (Å²) < 4.78 is 35.9. The highest BCUT2D eigenvalue weighted by atomic mass is 32.2. The summed E-state index contributed by atoms with van der Waals surface area (Å²) in [5.41, 5.74) is 0.0675. The molecule has 1 rings (SSSR count). The number of ether oxygens (including phenoxy) is 2. The number of carbonyl (C=O) groups is 2. The van der Waals surface area contributed by atoms with Crippen molar-refractivity contribution < 1.29 is 32.6 Å². The van der Waals surface area contributed by atoms with Gasteiger partial charge in [-0.05, 0) is 25.1 Å². The molecule has 0 aliphatic heterocycles. The normalized spacial score (nSPS) is 11.3. The fraction of sp³-hybridized carbons (Fsp3) is 0.429. The number of methoxy groups -OCH3 is 1. The van der Waals surface area contributed by atoms with Crippen LogP contribution in [0.4, 0.5) is 0 Å². The summed E-state index contributed by atoms with van der Waals surface area (Å²) in [6.45, 7) is 1.59. The summed E-state index contributed by atoms with van der Waals surface area (Å²) in [4.78, 5) is 22.1. The second-order valence-corrected chi connectivity index (χ2v) is 6.57. The van der Waals surface area contributed by atoms with Gasteiger partial charge in [0.1, 0.15) is 10.6 Å². The zero-order valence-corrected chi connectivity index (χ0v) is 13.9. The number of rotatable bonds is 8. The molecule has 9 heteroatoms. The minimum atomic E-state index is -4.01. The van der Waals surface area contributed by atoms with E-state index in [0.29, 0.717) is 0 Å². The van der Waals surface area contributed by atoms with Gasteiger partial charge in [-0.2, -0.15) is 0 Å². The molecule has 0 aliphatic carbocycles. The number of carboxylic acids is 1. The van der Waals surface area contributed by atoms with E-state index in [1.165, 1.54) is 26.3 Å². The second-order valence-electron chi connectivity index (χ2n) is 4.56. The number of nitrogens with zero attached hydrogens (tertiary/aromatic N) is 1. The van der Waals surface area contributed by atoms with Gasteiger partial charge in [0.25, 0.3) is 0 Å². The molecule has 0 saturated heterocycles. The van der Waals surface area contributed by atoms with Crippen molar-refractivity contribution in [2.75, 3.05) is 27.3 Å². The van der Waals surface area contributed by atoms with Crippen molar-refractivity contribution in [1.29, 1.82) is 0 Å². The lowest BCUT2D eigenvalue weighted by atomic mass is 10.2. The van der Waals surface area contributed by atoms with Gasteiger partial charge in [-0.15, -0.1) is 0 Å². The lowest BCUT2D eigenvalue weighted by Gasteiger charge is -2.18. The van der Waals surface area contributed by atoms with Gasteiger partial charge < -0.3 is 14.6 Å². The van der Waals surface area contributed by atoms with Crippen molar-refractivity contribution in [3.05, 3.63) is 23.8 Å². The molecule has 0 spiro atoms. The third kappa shape index (κ3) is 4.67. The second kappa shape index (κ2) is 7.93. The topological polar surface area (TPSA) is 110 Å². The highest BCUT2D eigenvalue weighted by molar-refractivity contribution is 7.89. The van der Waals surface area contributed by atoms with Gasteiger partial charge in [-0.3, -0.25) is 4.79 Å². The molecule has 0 aromatic heterocycles. The van der Waals surface area contributed by atoms with Gasteiger partial charge in [0.2, 0.25) is 10.0 Å². The number of carboxylic acid groups (broad SMARTS) is 1. The van der Waals surface area contributed by atoms with Crippen LogP contribution in [0.15, 0.2) is 23.1 Å². The SMILES string of the molecule is CCOC(=O)c1ccc(OC)c(S(=O)(=O)N(C)CCC(=O)O)c1. The predicted octanol–water partition coefficient (Wildman–Crippen LogP) is 0.967. The molecule has 1 aromatic carbocycles. The number of aliphatic carboxylic acids is 1. The predicted molar refractivity (Wildman–Crippen MR) is 81.0 cm³/mol. The van der Waals surface area contributed by atoms with Crippen LogP contribution in [0.2, 0.25) is 0 Å². The Balaban J connectivity index is 3.24. The van der Waals surface area contributed by atoms with E-state index in [1.807, 2.05) is 0 Å². The molecule has 0 heterocycles. The van der Waals surface area contributed by atoms with Gasteiger partial charge in [0.15, 0.2) is 0 Å². The Bertz CT molecular complexity index is 684. The number of sulfonamides is 1. The zero-order valence-electron chi connectivity index (χ0n) is 13.1. The van der Waals surface area contributed by atoms with E-state index in [-0.39, 0.29) is 35.8 Å². The lowest BCUT2D eigenvalue weighted by Crippen LogP contribution is -2.29. The monoisotopic (exact) mass is 345 g/mol. The Labute approximate surface area is 134 Å². The first kappa shape index (κ1) is 18.9. The molecule has 0 radical (unpaired) electrons. The average Bonchev–Trinajstić information content (AvgIpc) is 2.51. The summed E-state index contributed by atoms with van der Waals surface area (Å²) >= 11 is 0. The smallest absolute Gasteiger partial charge is 0.338 e. The van der Waals surface area contributed by atoms with E-state index >= 15 is 0 Å². The minimum Gasteiger partial charge on any atom is -0.495 e. The Hall–Kier alpha value is -2.13. The number of hydrogen-bond donors (Lipinski definition) is 1. The van der Waals surface area contributed by atoms with E-state index in [0.717, 1.165) is 10.4 Å². The molecule has 23 heavy (non-hydrogen) atoms. The zero-order chi connectivity index (χ0) is 17.6. The molecule has 0 fully saturated rings. The fourth-order valence-corrected chi connectivity index (χ4v) is 3.11. The Kier molecular flexibility index (Phi) is 6.52. The third-order valence-electron chi connectivity index (χ3n) is 3.00. The van der Waals surface area contributed by atoms with Crippen LogP contribution in [0, 0.1) is 0 Å². The molecular formula is C14H19NO7S. The first-order chi connectivity index (χ1) is 10.7. The van der Waals surface area contributed by atoms with E-state index < -0.39 is 22.0 Å². The summed E-state index contributed by atoms with van der Waals surface area (Å²) in [5.74, 6) is -1.71. The maximum atomic E-state index is 12.6. The van der Waals surface area contributed by atoms with Crippen LogP contribution in [0.5, 0.6) is 5.75 Å². The van der Waals surface area contributed by atoms with E-state index in [9.17, 15) is 18.0 Å². The Morgan fingerprint density at radius 2 is 1.96 bits per heavy atom. The molecule has 1 N–H and O–H groups in total. The van der Waals surface area contributed by atoms with E-state index in [4.69, 9.17) is 14.6 Å². The molecule has 0 amide bonds. The molecule has 0 bridgehead atoms. The Morgan fingerprint density at radius 3 is 2.48 bits per heavy atom. The van der Waals surface area contributed by atoms with Crippen LogP contribution in [-0.2, 0) is 19.6 Å².